The molecule has 2 aromatic carbocycles. The molecule has 1 aliphatic rings. The van der Waals surface area contributed by atoms with Crippen LogP contribution >= 0.6 is 11.3 Å². The third kappa shape index (κ3) is 6.60. The van der Waals surface area contributed by atoms with Gasteiger partial charge in [0.2, 0.25) is 15.9 Å². The summed E-state index contributed by atoms with van der Waals surface area (Å²) in [6, 6.07) is 18.9. The van der Waals surface area contributed by atoms with Crippen molar-refractivity contribution in [2.75, 3.05) is 6.54 Å². The third-order valence-electron chi connectivity index (χ3n) is 5.37. The maximum atomic E-state index is 13.3. The second kappa shape index (κ2) is 10.4. The van der Waals surface area contributed by atoms with E-state index in [1.807, 2.05) is 47.8 Å². The lowest BCUT2D eigenvalue weighted by Crippen LogP contribution is -2.42. The van der Waals surface area contributed by atoms with E-state index in [4.69, 9.17) is 0 Å². The molecular formula is C25H25FN2O3S2. The molecule has 8 heteroatoms. The summed E-state index contributed by atoms with van der Waals surface area (Å²) in [6.07, 6.45) is 3.04. The quantitative estimate of drug-likeness (QED) is 0.412. The Bertz CT molecular complexity index is 1190. The van der Waals surface area contributed by atoms with Crippen molar-refractivity contribution in [2.45, 2.75) is 32.0 Å². The van der Waals surface area contributed by atoms with Gasteiger partial charge >= 0.3 is 0 Å². The maximum absolute atomic E-state index is 13.3. The summed E-state index contributed by atoms with van der Waals surface area (Å²) in [5.74, 6) is -0.623. The Morgan fingerprint density at radius 3 is 2.36 bits per heavy atom. The van der Waals surface area contributed by atoms with Crippen LogP contribution in [0.15, 0.2) is 77.5 Å². The highest BCUT2D eigenvalue weighted by Gasteiger charge is 2.38. The molecule has 0 unspecified atom stereocenters. The zero-order valence-electron chi connectivity index (χ0n) is 18.0. The smallest absolute Gasteiger partial charge is 0.238 e. The highest BCUT2D eigenvalue weighted by atomic mass is 32.2. The summed E-state index contributed by atoms with van der Waals surface area (Å²) in [5.41, 5.74) is 1.56. The molecule has 0 aliphatic heterocycles. The number of hydrogen-bond acceptors (Lipinski definition) is 4. The fourth-order valence-electron chi connectivity index (χ4n) is 3.46. The van der Waals surface area contributed by atoms with Crippen molar-refractivity contribution in [3.05, 3.63) is 99.3 Å². The van der Waals surface area contributed by atoms with Crippen molar-refractivity contribution in [1.29, 1.82) is 0 Å². The highest BCUT2D eigenvalue weighted by molar-refractivity contribution is 7.92. The van der Waals surface area contributed by atoms with Gasteiger partial charge in [0.15, 0.2) is 0 Å². The molecule has 0 spiro atoms. The molecule has 1 amide bonds. The first-order valence-electron chi connectivity index (χ1n) is 10.7. The van der Waals surface area contributed by atoms with Crippen LogP contribution in [0.5, 0.6) is 0 Å². The van der Waals surface area contributed by atoms with Gasteiger partial charge in [0.1, 0.15) is 5.82 Å². The van der Waals surface area contributed by atoms with Crippen LogP contribution in [0.2, 0.25) is 0 Å². The highest BCUT2D eigenvalue weighted by Crippen LogP contribution is 2.30. The molecule has 0 N–H and O–H groups in total. The summed E-state index contributed by atoms with van der Waals surface area (Å²) >= 11 is 1.53. The number of sulfonamides is 1. The molecule has 1 aliphatic carbocycles. The van der Waals surface area contributed by atoms with Gasteiger partial charge in [0.25, 0.3) is 0 Å². The minimum Gasteiger partial charge on any atom is -0.332 e. The number of hydrogen-bond donors (Lipinski definition) is 0. The van der Waals surface area contributed by atoms with Gasteiger partial charge < -0.3 is 4.90 Å². The van der Waals surface area contributed by atoms with E-state index < -0.39 is 10.0 Å². The number of thiophene rings is 1. The number of amides is 1. The van der Waals surface area contributed by atoms with Crippen LogP contribution in [0.25, 0.3) is 6.08 Å². The molecule has 0 bridgehead atoms. The summed E-state index contributed by atoms with van der Waals surface area (Å²) < 4.78 is 40.8. The SMILES string of the molecule is O=C(CN(C1CC1)S(=O)(=O)/C=C/c1ccccc1)N(Cc1ccc(F)cc1)Cc1cccs1. The number of halogens is 1. The van der Waals surface area contributed by atoms with Crippen LogP contribution in [-0.4, -0.2) is 36.1 Å². The predicted octanol–water partition coefficient (Wildman–Crippen LogP) is 4.88. The zero-order chi connectivity index (χ0) is 23.3. The van der Waals surface area contributed by atoms with E-state index in [9.17, 15) is 17.6 Å². The Balaban J connectivity index is 1.52. The van der Waals surface area contributed by atoms with Crippen LogP contribution in [0.1, 0.15) is 28.8 Å². The van der Waals surface area contributed by atoms with Crippen LogP contribution in [0.4, 0.5) is 4.39 Å². The molecule has 5 nitrogen and oxygen atoms in total. The van der Waals surface area contributed by atoms with Crippen molar-refractivity contribution in [2.24, 2.45) is 0 Å². The standard InChI is InChI=1S/C25H25FN2O3S2/c26-22-10-8-21(9-11-22)17-27(18-24-7-4-15-32-24)25(29)19-28(23-12-13-23)33(30,31)16-14-20-5-2-1-3-6-20/h1-11,14-16,23H,12-13,17-19H2/b16-14+. The van der Waals surface area contributed by atoms with Crippen LogP contribution in [0.3, 0.4) is 0 Å². The Kier molecular flexibility index (Phi) is 7.37. The van der Waals surface area contributed by atoms with Crippen molar-refractivity contribution < 1.29 is 17.6 Å². The first-order chi connectivity index (χ1) is 15.9. The van der Waals surface area contributed by atoms with E-state index in [2.05, 4.69) is 0 Å². The van der Waals surface area contributed by atoms with Gasteiger partial charge in [-0.3, -0.25) is 4.79 Å². The van der Waals surface area contributed by atoms with E-state index in [1.54, 1.807) is 23.1 Å². The van der Waals surface area contributed by atoms with Crippen LogP contribution in [-0.2, 0) is 27.9 Å². The molecular weight excluding hydrogens is 459 g/mol. The number of carbonyl (C=O) groups excluding carboxylic acids is 1. The number of rotatable bonds is 10. The van der Waals surface area contributed by atoms with Crippen LogP contribution in [0, 0.1) is 5.82 Å². The molecule has 0 atom stereocenters. The van der Waals surface area contributed by atoms with Gasteiger partial charge in [0.05, 0.1) is 13.1 Å². The van der Waals surface area contributed by atoms with Gasteiger partial charge in [-0.05, 0) is 53.6 Å². The van der Waals surface area contributed by atoms with Crippen LogP contribution < -0.4 is 0 Å². The monoisotopic (exact) mass is 484 g/mol. The number of carbonyl (C=O) groups is 1. The summed E-state index contributed by atoms with van der Waals surface area (Å²) in [4.78, 5) is 16.0. The van der Waals surface area contributed by atoms with E-state index in [0.717, 1.165) is 28.8 Å². The molecule has 1 saturated carbocycles. The van der Waals surface area contributed by atoms with E-state index >= 15 is 0 Å². The molecule has 1 heterocycles. The lowest BCUT2D eigenvalue weighted by atomic mass is 10.2. The van der Waals surface area contributed by atoms with Gasteiger partial charge in [-0.1, -0.05) is 48.5 Å². The van der Waals surface area contributed by atoms with Gasteiger partial charge in [-0.25, -0.2) is 12.8 Å². The second-order valence-corrected chi connectivity index (χ2v) is 10.8. The first-order valence-corrected chi connectivity index (χ1v) is 13.1. The summed E-state index contributed by atoms with van der Waals surface area (Å²) in [7, 11) is -3.77. The Morgan fingerprint density at radius 2 is 1.73 bits per heavy atom. The fourth-order valence-corrected chi connectivity index (χ4v) is 5.58. The largest absolute Gasteiger partial charge is 0.332 e. The lowest BCUT2D eigenvalue weighted by Gasteiger charge is -2.26. The third-order valence-corrected chi connectivity index (χ3v) is 7.79. The Morgan fingerprint density at radius 1 is 1.00 bits per heavy atom. The predicted molar refractivity (Wildman–Crippen MR) is 129 cm³/mol. The Labute approximate surface area is 197 Å². The molecule has 3 aromatic rings. The Hall–Kier alpha value is -2.81. The van der Waals surface area contributed by atoms with Crippen molar-refractivity contribution in [1.82, 2.24) is 9.21 Å². The molecule has 33 heavy (non-hydrogen) atoms. The average Bonchev–Trinajstić information content (AvgIpc) is 3.52. The van der Waals surface area contributed by atoms with Gasteiger partial charge in [-0.15, -0.1) is 11.3 Å². The summed E-state index contributed by atoms with van der Waals surface area (Å²) in [6.45, 7) is 0.417. The summed E-state index contributed by atoms with van der Waals surface area (Å²) in [5, 5.41) is 3.11. The van der Waals surface area contributed by atoms with Gasteiger partial charge in [0, 0.05) is 22.9 Å². The second-order valence-electron chi connectivity index (χ2n) is 7.99. The topological polar surface area (TPSA) is 57.7 Å². The van der Waals surface area contributed by atoms with Crippen molar-refractivity contribution >= 4 is 33.3 Å². The van der Waals surface area contributed by atoms with Crippen molar-refractivity contribution in [3.8, 4) is 0 Å². The number of benzene rings is 2. The van der Waals surface area contributed by atoms with Crippen molar-refractivity contribution in [3.63, 3.8) is 0 Å². The lowest BCUT2D eigenvalue weighted by molar-refractivity contribution is -0.132. The van der Waals surface area contributed by atoms with E-state index in [-0.39, 0.29) is 30.9 Å². The maximum Gasteiger partial charge on any atom is 0.238 e. The number of nitrogens with zero attached hydrogens (tertiary/aromatic N) is 2. The first kappa shape index (κ1) is 23.4. The minimum atomic E-state index is -3.77. The molecule has 0 radical (unpaired) electrons. The minimum absolute atomic E-state index is 0.159. The molecule has 4 rings (SSSR count). The fraction of sp³-hybridized carbons (Fsp3) is 0.240. The molecule has 0 saturated heterocycles. The molecule has 1 fully saturated rings. The van der Waals surface area contributed by atoms with Gasteiger partial charge in [-0.2, -0.15) is 4.31 Å². The molecule has 1 aromatic heterocycles. The molecule has 172 valence electrons. The average molecular weight is 485 g/mol. The van der Waals surface area contributed by atoms with E-state index in [0.29, 0.717) is 6.54 Å². The van der Waals surface area contributed by atoms with E-state index in [1.165, 1.54) is 33.2 Å². The zero-order valence-corrected chi connectivity index (χ0v) is 19.6. The normalized spacial score (nSPS) is 14.1.